The molecule has 2 N–H and O–H groups in total. The average molecular weight is 725 g/mol. The number of nitrogens with zero attached hydrogens (tertiary/aromatic N) is 3. The van der Waals surface area contributed by atoms with Gasteiger partial charge < -0.3 is 15.2 Å². The minimum atomic E-state index is 0.0293. The Morgan fingerprint density at radius 1 is 0.702 bits per heavy atom. The van der Waals surface area contributed by atoms with Gasteiger partial charge in [-0.05, 0) is 54.8 Å². The molecule has 0 atom stereocenters. The first-order chi connectivity index (χ1) is 22.9. The van der Waals surface area contributed by atoms with Gasteiger partial charge in [0.05, 0.1) is 47.8 Å². The standard InChI is InChI=1S/C35H24N4O2S6/c1-40-22-10-19(8-17(14-36)15-37)42-30(22)25-13-26-31(45-25)34-33(46-26)27-32(47-34)28-21(35(27)6-4-3-5-7-35)12-24(44-28)29-23(41-2)11-20(43-29)9-18(39)16-38/h8-13H,3-7,39H2,1-2H3/b18-9-. The van der Waals surface area contributed by atoms with Gasteiger partial charge in [-0.3, -0.25) is 0 Å². The summed E-state index contributed by atoms with van der Waals surface area (Å²) < 4.78 is 17.0. The van der Waals surface area contributed by atoms with E-state index >= 15 is 0 Å². The lowest BCUT2D eigenvalue weighted by Crippen LogP contribution is -2.27. The maximum Gasteiger partial charge on any atom is 0.138 e. The van der Waals surface area contributed by atoms with Crippen LogP contribution in [-0.4, -0.2) is 14.2 Å². The van der Waals surface area contributed by atoms with Gasteiger partial charge in [0.2, 0.25) is 0 Å². The molecule has 0 aliphatic heterocycles. The summed E-state index contributed by atoms with van der Waals surface area (Å²) in [5.41, 5.74) is 9.15. The van der Waals surface area contributed by atoms with Gasteiger partial charge in [0.25, 0.3) is 0 Å². The van der Waals surface area contributed by atoms with Crippen LogP contribution in [0, 0.1) is 34.0 Å². The minimum Gasteiger partial charge on any atom is -0.495 e. The normalized spacial score (nSPS) is 14.9. The Hall–Kier alpha value is -3.93. The van der Waals surface area contributed by atoms with Crippen LogP contribution in [0.25, 0.3) is 60.2 Å². The summed E-state index contributed by atoms with van der Waals surface area (Å²) in [6.45, 7) is 0. The first-order valence-corrected chi connectivity index (χ1v) is 19.7. The average Bonchev–Trinajstić information content (AvgIpc) is 3.93. The van der Waals surface area contributed by atoms with Gasteiger partial charge in [-0.25, -0.2) is 0 Å². The number of allylic oxidation sites excluding steroid dienone is 2. The van der Waals surface area contributed by atoms with Gasteiger partial charge in [-0.2, -0.15) is 15.8 Å². The molecule has 0 aromatic carbocycles. The highest BCUT2D eigenvalue weighted by atomic mass is 32.1. The fraction of sp³-hybridized carbons (Fsp3) is 0.229. The van der Waals surface area contributed by atoms with Gasteiger partial charge in [0, 0.05) is 35.2 Å². The van der Waals surface area contributed by atoms with Crippen molar-refractivity contribution in [1.29, 1.82) is 15.8 Å². The summed E-state index contributed by atoms with van der Waals surface area (Å²) in [4.78, 5) is 8.98. The SMILES string of the molecule is COc1cc(C=C(C#N)C#N)sc1-c1cc2sc3c4c(sc3c2s1)-c1sc(-c2sc(/C=C(\N)C#N)cc2OC)cc1C41CCCCC1. The summed E-state index contributed by atoms with van der Waals surface area (Å²) in [5, 5.41) is 27.7. The van der Waals surface area contributed by atoms with Crippen LogP contribution in [-0.2, 0) is 5.41 Å². The predicted molar refractivity (Wildman–Crippen MR) is 199 cm³/mol. The van der Waals surface area contributed by atoms with Crippen molar-refractivity contribution in [2.75, 3.05) is 14.2 Å². The van der Waals surface area contributed by atoms with Crippen LogP contribution in [0.3, 0.4) is 0 Å². The van der Waals surface area contributed by atoms with Gasteiger partial charge in [-0.1, -0.05) is 19.3 Å². The number of methoxy groups -OCH3 is 2. The maximum atomic E-state index is 9.25. The molecule has 1 saturated carbocycles. The molecular formula is C35H24N4O2S6. The first kappa shape index (κ1) is 30.4. The molecule has 6 heterocycles. The summed E-state index contributed by atoms with van der Waals surface area (Å²) in [5.74, 6) is 1.56. The highest BCUT2D eigenvalue weighted by Crippen LogP contribution is 2.66. The van der Waals surface area contributed by atoms with Crippen molar-refractivity contribution in [1.82, 2.24) is 0 Å². The molecule has 0 amide bonds. The molecule has 0 saturated heterocycles. The Morgan fingerprint density at radius 2 is 1.36 bits per heavy atom. The summed E-state index contributed by atoms with van der Waals surface area (Å²) in [7, 11) is 3.36. The van der Waals surface area contributed by atoms with Crippen LogP contribution >= 0.6 is 68.0 Å². The molecule has 2 aliphatic carbocycles. The summed E-state index contributed by atoms with van der Waals surface area (Å²) in [6.07, 6.45) is 9.39. The van der Waals surface area contributed by atoms with E-state index in [-0.39, 0.29) is 16.7 Å². The van der Waals surface area contributed by atoms with E-state index in [1.807, 2.05) is 64.4 Å². The van der Waals surface area contributed by atoms with Gasteiger partial charge >= 0.3 is 0 Å². The van der Waals surface area contributed by atoms with Crippen LogP contribution in [0.4, 0.5) is 0 Å². The van der Waals surface area contributed by atoms with E-state index in [1.54, 1.807) is 65.9 Å². The third-order valence-corrected chi connectivity index (χ3v) is 16.6. The molecule has 0 radical (unpaired) electrons. The molecule has 2 aliphatic rings. The van der Waals surface area contributed by atoms with Crippen molar-refractivity contribution >= 4 is 99.0 Å². The molecule has 12 heteroatoms. The minimum absolute atomic E-state index is 0.0293. The van der Waals surface area contributed by atoms with Crippen molar-refractivity contribution in [3.8, 4) is 59.0 Å². The van der Waals surface area contributed by atoms with E-state index < -0.39 is 0 Å². The Bertz CT molecular complexity index is 2410. The van der Waals surface area contributed by atoms with Crippen LogP contribution in [0.5, 0.6) is 11.5 Å². The number of nitriles is 3. The van der Waals surface area contributed by atoms with E-state index in [1.165, 1.54) is 58.3 Å². The second kappa shape index (κ2) is 11.6. The Labute approximate surface area is 295 Å². The molecule has 0 bridgehead atoms. The number of rotatable bonds is 6. The van der Waals surface area contributed by atoms with Gasteiger partial charge in [0.1, 0.15) is 41.0 Å². The lowest BCUT2D eigenvalue weighted by atomic mass is 9.68. The quantitative estimate of drug-likeness (QED) is 0.171. The fourth-order valence-electron chi connectivity index (χ4n) is 6.92. The lowest BCUT2D eigenvalue weighted by molar-refractivity contribution is 0.356. The summed E-state index contributed by atoms with van der Waals surface area (Å²) in [6, 6.07) is 14.5. The lowest BCUT2D eigenvalue weighted by Gasteiger charge is -2.35. The van der Waals surface area contributed by atoms with Gasteiger partial charge in [0.15, 0.2) is 0 Å². The predicted octanol–water partition coefficient (Wildman–Crippen LogP) is 11.2. The first-order valence-electron chi connectivity index (χ1n) is 14.8. The highest BCUT2D eigenvalue weighted by Gasteiger charge is 2.48. The molecule has 47 heavy (non-hydrogen) atoms. The van der Waals surface area contributed by atoms with Crippen molar-refractivity contribution in [2.45, 2.75) is 37.5 Å². The zero-order valence-electron chi connectivity index (χ0n) is 25.2. The van der Waals surface area contributed by atoms with E-state index in [0.29, 0.717) is 0 Å². The number of ether oxygens (including phenoxy) is 2. The van der Waals surface area contributed by atoms with E-state index in [2.05, 4.69) is 12.1 Å². The van der Waals surface area contributed by atoms with Crippen LogP contribution in [0.1, 0.15) is 53.0 Å². The van der Waals surface area contributed by atoms with Crippen molar-refractivity contribution in [3.63, 3.8) is 0 Å². The molecule has 1 fully saturated rings. The Morgan fingerprint density at radius 3 is 2.00 bits per heavy atom. The third-order valence-electron chi connectivity index (χ3n) is 8.90. The Balaban J connectivity index is 1.26. The molecule has 232 valence electrons. The molecule has 1 spiro atoms. The zero-order chi connectivity index (χ0) is 32.4. The third kappa shape index (κ3) is 4.69. The highest BCUT2D eigenvalue weighted by molar-refractivity contribution is 7.41. The van der Waals surface area contributed by atoms with Crippen molar-refractivity contribution < 1.29 is 9.47 Å². The molecule has 8 rings (SSSR count). The van der Waals surface area contributed by atoms with E-state index in [4.69, 9.17) is 15.2 Å². The van der Waals surface area contributed by atoms with Crippen LogP contribution in [0.2, 0.25) is 0 Å². The van der Waals surface area contributed by atoms with Crippen LogP contribution < -0.4 is 15.2 Å². The smallest absolute Gasteiger partial charge is 0.138 e. The van der Waals surface area contributed by atoms with Crippen molar-refractivity contribution in [2.24, 2.45) is 5.73 Å². The molecule has 6 nitrogen and oxygen atoms in total. The molecule has 6 aromatic rings. The molecule has 6 aromatic heterocycles. The van der Waals surface area contributed by atoms with E-state index in [0.717, 1.165) is 48.7 Å². The number of fused-ring (bicyclic) bond motifs is 9. The van der Waals surface area contributed by atoms with Crippen LogP contribution in [0.15, 0.2) is 35.5 Å². The summed E-state index contributed by atoms with van der Waals surface area (Å²) >= 11 is 10.7. The number of hydrogen-bond acceptors (Lipinski definition) is 12. The Kier molecular flexibility index (Phi) is 7.53. The molecule has 0 unspecified atom stereocenters. The maximum absolute atomic E-state index is 9.25. The second-order valence-corrected chi connectivity index (χ2v) is 17.8. The fourth-order valence-corrected chi connectivity index (χ4v) is 15.1. The number of thiophene rings is 6. The van der Waals surface area contributed by atoms with E-state index in [9.17, 15) is 15.8 Å². The van der Waals surface area contributed by atoms with Crippen molar-refractivity contribution in [3.05, 3.63) is 56.4 Å². The topological polar surface area (TPSA) is 116 Å². The largest absolute Gasteiger partial charge is 0.495 e. The monoisotopic (exact) mass is 724 g/mol. The molecular weight excluding hydrogens is 701 g/mol. The number of hydrogen-bond donors (Lipinski definition) is 1. The zero-order valence-corrected chi connectivity index (χ0v) is 30.1. The number of nitrogens with two attached hydrogens (primary N) is 1. The van der Waals surface area contributed by atoms with Gasteiger partial charge in [-0.15, -0.1) is 68.0 Å². The second-order valence-electron chi connectivity index (χ2n) is 11.5.